The highest BCUT2D eigenvalue weighted by Gasteiger charge is 2.19. The molecule has 8 heteroatoms. The largest absolute Gasteiger partial charge is 0.478 e. The molecule has 0 unspecified atom stereocenters. The third-order valence-electron chi connectivity index (χ3n) is 2.80. The van der Waals surface area contributed by atoms with Crippen LogP contribution in [0.1, 0.15) is 26.5 Å². The zero-order valence-electron chi connectivity index (χ0n) is 10.8. The van der Waals surface area contributed by atoms with Crippen LogP contribution < -0.4 is 5.32 Å². The van der Waals surface area contributed by atoms with Crippen molar-refractivity contribution in [3.8, 4) is 0 Å². The summed E-state index contributed by atoms with van der Waals surface area (Å²) >= 11 is 0. The molecule has 108 valence electrons. The van der Waals surface area contributed by atoms with Crippen LogP contribution >= 0.6 is 0 Å². The topological polar surface area (TPSA) is 123 Å². The minimum absolute atomic E-state index is 0.0290. The summed E-state index contributed by atoms with van der Waals surface area (Å²) in [6.07, 6.45) is 1.33. The Labute approximate surface area is 118 Å². The van der Waals surface area contributed by atoms with Crippen molar-refractivity contribution >= 4 is 23.3 Å². The Hall–Kier alpha value is -3.16. The second-order valence-electron chi connectivity index (χ2n) is 4.14. The maximum atomic E-state index is 12.0. The molecule has 0 bridgehead atoms. The van der Waals surface area contributed by atoms with Gasteiger partial charge in [0.2, 0.25) is 0 Å². The van der Waals surface area contributed by atoms with Crippen LogP contribution in [0.15, 0.2) is 34.9 Å². The molecule has 0 aliphatic carbocycles. The Balaban J connectivity index is 2.36. The lowest BCUT2D eigenvalue weighted by molar-refractivity contribution is -0.384. The number of carboxylic acids is 1. The maximum absolute atomic E-state index is 12.0. The van der Waals surface area contributed by atoms with Gasteiger partial charge in [-0.2, -0.15) is 0 Å². The lowest BCUT2D eigenvalue weighted by atomic mass is 10.1. The third-order valence-corrected chi connectivity index (χ3v) is 2.80. The number of nitrogens with zero attached hydrogens (tertiary/aromatic N) is 1. The lowest BCUT2D eigenvalue weighted by Crippen LogP contribution is -2.15. The molecule has 0 spiro atoms. The van der Waals surface area contributed by atoms with Crippen LogP contribution in [0.2, 0.25) is 0 Å². The second kappa shape index (κ2) is 5.45. The normalized spacial score (nSPS) is 10.1. The van der Waals surface area contributed by atoms with Crippen molar-refractivity contribution in [3.05, 3.63) is 57.5 Å². The van der Waals surface area contributed by atoms with E-state index in [4.69, 9.17) is 9.52 Å². The first-order valence-electron chi connectivity index (χ1n) is 5.77. The minimum atomic E-state index is -1.38. The molecular weight excluding hydrogens is 280 g/mol. The third kappa shape index (κ3) is 2.89. The number of furan rings is 1. The summed E-state index contributed by atoms with van der Waals surface area (Å²) in [5.74, 6) is -1.55. The Morgan fingerprint density at radius 3 is 2.52 bits per heavy atom. The number of nitrogens with one attached hydrogen (secondary N) is 1. The fourth-order valence-corrected chi connectivity index (χ4v) is 1.74. The van der Waals surface area contributed by atoms with E-state index in [0.717, 1.165) is 12.1 Å². The Bertz CT molecular complexity index is 734. The van der Waals surface area contributed by atoms with Gasteiger partial charge in [-0.05, 0) is 19.1 Å². The first kappa shape index (κ1) is 14.3. The van der Waals surface area contributed by atoms with E-state index in [1.54, 1.807) is 6.92 Å². The number of carbonyl (C=O) groups excluding carboxylic acids is 1. The predicted molar refractivity (Wildman–Crippen MR) is 71.5 cm³/mol. The molecule has 21 heavy (non-hydrogen) atoms. The molecule has 1 aromatic heterocycles. The van der Waals surface area contributed by atoms with Crippen LogP contribution in [0.3, 0.4) is 0 Å². The molecule has 0 radical (unpaired) electrons. The van der Waals surface area contributed by atoms with Gasteiger partial charge in [0, 0.05) is 12.1 Å². The van der Waals surface area contributed by atoms with Gasteiger partial charge in [-0.25, -0.2) is 4.79 Å². The van der Waals surface area contributed by atoms with Crippen LogP contribution in [-0.4, -0.2) is 21.9 Å². The lowest BCUT2D eigenvalue weighted by Gasteiger charge is -2.07. The van der Waals surface area contributed by atoms with Crippen molar-refractivity contribution in [1.29, 1.82) is 0 Å². The van der Waals surface area contributed by atoms with Crippen LogP contribution in [0.4, 0.5) is 11.4 Å². The Morgan fingerprint density at radius 2 is 2.00 bits per heavy atom. The van der Waals surface area contributed by atoms with Crippen molar-refractivity contribution in [2.45, 2.75) is 6.92 Å². The molecule has 8 nitrogen and oxygen atoms in total. The minimum Gasteiger partial charge on any atom is -0.478 e. The van der Waals surface area contributed by atoms with E-state index >= 15 is 0 Å². The van der Waals surface area contributed by atoms with Crippen LogP contribution in [-0.2, 0) is 0 Å². The van der Waals surface area contributed by atoms with Gasteiger partial charge in [0.25, 0.3) is 11.6 Å². The van der Waals surface area contributed by atoms with Gasteiger partial charge in [0.05, 0.1) is 28.0 Å². The molecule has 0 atom stereocenters. The summed E-state index contributed by atoms with van der Waals surface area (Å²) in [6, 6.07) is 4.62. The number of rotatable bonds is 4. The monoisotopic (exact) mass is 290 g/mol. The number of non-ortho nitro benzene ring substituents is 1. The summed E-state index contributed by atoms with van der Waals surface area (Å²) in [4.78, 5) is 33.1. The fraction of sp³-hybridized carbons (Fsp3) is 0.0769. The van der Waals surface area contributed by atoms with Gasteiger partial charge in [-0.3, -0.25) is 14.9 Å². The number of nitro benzene ring substituents is 1. The average molecular weight is 290 g/mol. The first-order chi connectivity index (χ1) is 9.90. The standard InChI is InChI=1S/C13H10N2O6/c1-7-9(4-5-21-7)12(16)14-11-3-2-8(15(19)20)6-10(11)13(17)18/h2-6H,1H3,(H,14,16)(H,17,18). The highest BCUT2D eigenvalue weighted by molar-refractivity contribution is 6.08. The van der Waals surface area contributed by atoms with Gasteiger partial charge in [-0.15, -0.1) is 0 Å². The molecule has 1 amide bonds. The number of carbonyl (C=O) groups is 2. The van der Waals surface area contributed by atoms with Crippen LogP contribution in [0, 0.1) is 17.0 Å². The summed E-state index contributed by atoms with van der Waals surface area (Å²) in [7, 11) is 0. The van der Waals surface area contributed by atoms with E-state index in [0.29, 0.717) is 5.76 Å². The average Bonchev–Trinajstić information content (AvgIpc) is 2.85. The number of hydrogen-bond donors (Lipinski definition) is 2. The number of carboxylic acid groups (broad SMARTS) is 1. The second-order valence-corrected chi connectivity index (χ2v) is 4.14. The van der Waals surface area contributed by atoms with Gasteiger partial charge in [0.15, 0.2) is 0 Å². The van der Waals surface area contributed by atoms with Gasteiger partial charge >= 0.3 is 5.97 Å². The molecule has 0 fully saturated rings. The first-order valence-corrected chi connectivity index (χ1v) is 5.77. The van der Waals surface area contributed by atoms with E-state index in [1.807, 2.05) is 0 Å². The van der Waals surface area contributed by atoms with E-state index < -0.39 is 16.8 Å². The zero-order chi connectivity index (χ0) is 15.6. The molecule has 2 rings (SSSR count). The van der Waals surface area contributed by atoms with Gasteiger partial charge in [0.1, 0.15) is 5.76 Å². The number of anilines is 1. The van der Waals surface area contributed by atoms with Crippen molar-refractivity contribution in [2.24, 2.45) is 0 Å². The quantitative estimate of drug-likeness (QED) is 0.658. The number of hydrogen-bond acceptors (Lipinski definition) is 5. The highest BCUT2D eigenvalue weighted by atomic mass is 16.6. The molecule has 2 aromatic rings. The predicted octanol–water partition coefficient (Wildman–Crippen LogP) is 2.45. The molecule has 0 saturated heterocycles. The Kier molecular flexibility index (Phi) is 3.70. The van der Waals surface area contributed by atoms with Crippen LogP contribution in [0.5, 0.6) is 0 Å². The van der Waals surface area contributed by atoms with Crippen LogP contribution in [0.25, 0.3) is 0 Å². The van der Waals surface area contributed by atoms with Gasteiger partial charge < -0.3 is 14.8 Å². The molecule has 1 aromatic carbocycles. The summed E-state index contributed by atoms with van der Waals surface area (Å²) in [6.45, 7) is 1.59. The summed E-state index contributed by atoms with van der Waals surface area (Å²) in [5.41, 5.74) is -0.507. The summed E-state index contributed by atoms with van der Waals surface area (Å²) < 4.78 is 4.99. The number of aromatic carboxylic acids is 1. The maximum Gasteiger partial charge on any atom is 0.338 e. The van der Waals surface area contributed by atoms with Crippen molar-refractivity contribution in [1.82, 2.24) is 0 Å². The molecule has 1 heterocycles. The van der Waals surface area contributed by atoms with Crippen molar-refractivity contribution < 1.29 is 24.0 Å². The molecule has 0 aliphatic heterocycles. The summed E-state index contributed by atoms with van der Waals surface area (Å²) in [5, 5.41) is 22.1. The van der Waals surface area contributed by atoms with E-state index in [-0.39, 0.29) is 22.5 Å². The van der Waals surface area contributed by atoms with E-state index in [9.17, 15) is 19.7 Å². The van der Waals surface area contributed by atoms with Gasteiger partial charge in [-0.1, -0.05) is 0 Å². The van der Waals surface area contributed by atoms with Crippen molar-refractivity contribution in [3.63, 3.8) is 0 Å². The fourth-order valence-electron chi connectivity index (χ4n) is 1.74. The molecular formula is C13H10N2O6. The number of aryl methyl sites for hydroxylation is 1. The highest BCUT2D eigenvalue weighted by Crippen LogP contribution is 2.23. The molecule has 0 aliphatic rings. The SMILES string of the molecule is Cc1occc1C(=O)Nc1ccc([N+](=O)[O-])cc1C(=O)O. The smallest absolute Gasteiger partial charge is 0.338 e. The van der Waals surface area contributed by atoms with E-state index in [2.05, 4.69) is 5.32 Å². The Morgan fingerprint density at radius 1 is 1.29 bits per heavy atom. The molecule has 0 saturated carbocycles. The number of nitro groups is 1. The van der Waals surface area contributed by atoms with E-state index in [1.165, 1.54) is 18.4 Å². The zero-order valence-corrected chi connectivity index (χ0v) is 10.8. The number of amides is 1. The number of benzene rings is 1. The van der Waals surface area contributed by atoms with Crippen molar-refractivity contribution in [2.75, 3.05) is 5.32 Å². The molecule has 2 N–H and O–H groups in total.